The molecular weight excluding hydrogens is 254 g/mol. The van der Waals surface area contributed by atoms with E-state index in [0.29, 0.717) is 11.3 Å². The second kappa shape index (κ2) is 5.48. The van der Waals surface area contributed by atoms with Crippen LogP contribution in [0.1, 0.15) is 22.5 Å². The zero-order chi connectivity index (χ0) is 12.3. The van der Waals surface area contributed by atoms with Gasteiger partial charge in [0, 0.05) is 0 Å². The number of hydrogen-bond donors (Lipinski definition) is 0. The molecule has 1 aliphatic heterocycles. The average molecular weight is 265 g/mol. The van der Waals surface area contributed by atoms with E-state index in [9.17, 15) is 4.79 Å². The number of ketones is 1. The van der Waals surface area contributed by atoms with Gasteiger partial charge in [0.25, 0.3) is 0 Å². The summed E-state index contributed by atoms with van der Waals surface area (Å²) in [7, 11) is 0. The van der Waals surface area contributed by atoms with Gasteiger partial charge in [0.15, 0.2) is 0 Å². The van der Waals surface area contributed by atoms with E-state index < -0.39 is 0 Å². The molecule has 0 radical (unpaired) electrons. The molecule has 2 heterocycles. The summed E-state index contributed by atoms with van der Waals surface area (Å²) in [4.78, 5) is 12.2. The van der Waals surface area contributed by atoms with Gasteiger partial charge in [-0.05, 0) is 30.9 Å². The molecule has 1 fully saturated rings. The van der Waals surface area contributed by atoms with Crippen molar-refractivity contribution >= 4 is 29.3 Å². The molecule has 0 aromatic carbocycles. The van der Waals surface area contributed by atoms with E-state index in [1.165, 1.54) is 6.26 Å². The second-order valence-corrected chi connectivity index (χ2v) is 6.01. The van der Waals surface area contributed by atoms with Gasteiger partial charge in [-0.3, -0.25) is 4.79 Å². The highest BCUT2D eigenvalue weighted by molar-refractivity contribution is 8.22. The van der Waals surface area contributed by atoms with E-state index in [2.05, 4.69) is 0 Å². The van der Waals surface area contributed by atoms with E-state index in [0.717, 1.165) is 22.2 Å². The minimum atomic E-state index is -0.226. The fraction of sp³-hybridized carbons (Fsp3) is 0.333. The molecule has 2 rings (SSSR count). The highest BCUT2D eigenvalue weighted by Crippen LogP contribution is 2.37. The molecule has 1 saturated heterocycles. The van der Waals surface area contributed by atoms with Gasteiger partial charge in [0.05, 0.1) is 16.1 Å². The topological polar surface area (TPSA) is 54.0 Å². The molecule has 88 valence electrons. The van der Waals surface area contributed by atoms with Gasteiger partial charge in [-0.1, -0.05) is 0 Å². The van der Waals surface area contributed by atoms with Crippen LogP contribution in [0.15, 0.2) is 26.6 Å². The Bertz CT molecular complexity index is 503. The number of nitrogens with zero attached hydrogens (tertiary/aromatic N) is 1. The number of Topliss-reactive ketones (excluding diaryl/α,β-unsaturated/α-hetero) is 1. The van der Waals surface area contributed by atoms with Crippen LogP contribution in [0.3, 0.4) is 0 Å². The first-order chi connectivity index (χ1) is 8.24. The summed E-state index contributed by atoms with van der Waals surface area (Å²) < 4.78 is 5.95. The molecule has 0 N–H and O–H groups in total. The van der Waals surface area contributed by atoms with Crippen LogP contribution < -0.4 is 0 Å². The minimum absolute atomic E-state index is 0.226. The van der Waals surface area contributed by atoms with Crippen molar-refractivity contribution in [2.24, 2.45) is 0 Å². The Balaban J connectivity index is 2.34. The Kier molecular flexibility index (Phi) is 3.97. The van der Waals surface area contributed by atoms with Gasteiger partial charge < -0.3 is 4.42 Å². The molecule has 0 saturated carbocycles. The maximum Gasteiger partial charge on any atom is 0.208 e. The average Bonchev–Trinajstić information content (AvgIpc) is 2.77. The molecule has 17 heavy (non-hydrogen) atoms. The van der Waals surface area contributed by atoms with Crippen molar-refractivity contribution in [3.05, 3.63) is 33.5 Å². The van der Waals surface area contributed by atoms with E-state index in [1.54, 1.807) is 36.5 Å². The minimum Gasteiger partial charge on any atom is -0.469 e. The van der Waals surface area contributed by atoms with Crippen LogP contribution in [0.2, 0.25) is 0 Å². The van der Waals surface area contributed by atoms with Gasteiger partial charge in [0.1, 0.15) is 17.4 Å². The number of rotatable bonds is 2. The molecule has 0 spiro atoms. The summed E-state index contributed by atoms with van der Waals surface area (Å²) in [6, 6.07) is 3.65. The Hall–Kier alpha value is -1.12. The summed E-state index contributed by atoms with van der Waals surface area (Å²) in [6.45, 7) is 1.73. The molecule has 1 aromatic heterocycles. The Morgan fingerprint density at radius 2 is 2.18 bits per heavy atom. The third-order valence-electron chi connectivity index (χ3n) is 2.40. The summed E-state index contributed by atoms with van der Waals surface area (Å²) in [5, 5.41) is 9.15. The molecule has 1 aromatic rings. The second-order valence-electron chi connectivity index (χ2n) is 3.54. The third-order valence-corrected chi connectivity index (χ3v) is 5.03. The van der Waals surface area contributed by atoms with Gasteiger partial charge in [-0.2, -0.15) is 5.26 Å². The van der Waals surface area contributed by atoms with Crippen molar-refractivity contribution in [1.29, 1.82) is 5.26 Å². The van der Waals surface area contributed by atoms with Crippen LogP contribution in [0.5, 0.6) is 0 Å². The Labute approximate surface area is 108 Å². The standard InChI is InChI=1S/C12H11NO2S2/c1-8-9(3-4-15-8)11(14)10(7-13)12-16-5-2-6-17-12/h3-4H,2,5-6H2,1H3. The van der Waals surface area contributed by atoms with Crippen molar-refractivity contribution in [3.63, 3.8) is 0 Å². The van der Waals surface area contributed by atoms with E-state index >= 15 is 0 Å². The van der Waals surface area contributed by atoms with E-state index in [1.807, 2.05) is 6.07 Å². The van der Waals surface area contributed by atoms with Crippen molar-refractivity contribution in [1.82, 2.24) is 0 Å². The van der Waals surface area contributed by atoms with Crippen molar-refractivity contribution < 1.29 is 9.21 Å². The highest BCUT2D eigenvalue weighted by Gasteiger charge is 2.22. The van der Waals surface area contributed by atoms with Crippen LogP contribution in [0.25, 0.3) is 0 Å². The number of allylic oxidation sites excluding steroid dienone is 1. The zero-order valence-electron chi connectivity index (χ0n) is 9.36. The molecule has 0 amide bonds. The van der Waals surface area contributed by atoms with Crippen molar-refractivity contribution in [3.8, 4) is 6.07 Å². The molecule has 0 atom stereocenters. The molecule has 1 aliphatic rings. The molecule has 0 aliphatic carbocycles. The summed E-state index contributed by atoms with van der Waals surface area (Å²) >= 11 is 3.19. The van der Waals surface area contributed by atoms with Gasteiger partial charge in [-0.15, -0.1) is 23.5 Å². The van der Waals surface area contributed by atoms with Gasteiger partial charge in [0.2, 0.25) is 5.78 Å². The molecule has 0 bridgehead atoms. The lowest BCUT2D eigenvalue weighted by atomic mass is 10.1. The summed E-state index contributed by atoms with van der Waals surface area (Å²) in [5.41, 5.74) is 0.741. The Morgan fingerprint density at radius 1 is 1.47 bits per heavy atom. The molecule has 3 nitrogen and oxygen atoms in total. The number of carbonyl (C=O) groups excluding carboxylic acids is 1. The first kappa shape index (κ1) is 12.3. The lowest BCUT2D eigenvalue weighted by Crippen LogP contribution is -2.06. The fourth-order valence-electron chi connectivity index (χ4n) is 1.52. The SMILES string of the molecule is Cc1occc1C(=O)C(C#N)=C1SCCCS1. The van der Waals surface area contributed by atoms with Crippen molar-refractivity contribution in [2.45, 2.75) is 13.3 Å². The first-order valence-corrected chi connectivity index (χ1v) is 7.20. The summed E-state index contributed by atoms with van der Waals surface area (Å²) in [5.74, 6) is 2.29. The quantitative estimate of drug-likeness (QED) is 0.466. The van der Waals surface area contributed by atoms with Crippen LogP contribution >= 0.6 is 23.5 Å². The van der Waals surface area contributed by atoms with Crippen LogP contribution in [-0.4, -0.2) is 17.3 Å². The smallest absolute Gasteiger partial charge is 0.208 e. The predicted molar refractivity (Wildman–Crippen MR) is 69.9 cm³/mol. The number of furan rings is 1. The fourth-order valence-corrected chi connectivity index (χ4v) is 4.05. The predicted octanol–water partition coefficient (Wildman–Crippen LogP) is 3.38. The number of hydrogen-bond acceptors (Lipinski definition) is 5. The van der Waals surface area contributed by atoms with Crippen molar-refractivity contribution in [2.75, 3.05) is 11.5 Å². The lowest BCUT2D eigenvalue weighted by Gasteiger charge is -2.13. The molecular formula is C12H11NO2S2. The normalized spacial score (nSPS) is 15.4. The third kappa shape index (κ3) is 2.59. The number of thioether (sulfide) groups is 2. The summed E-state index contributed by atoms with van der Waals surface area (Å²) in [6.07, 6.45) is 2.60. The van der Waals surface area contributed by atoms with Crippen LogP contribution in [0, 0.1) is 18.3 Å². The van der Waals surface area contributed by atoms with Gasteiger partial charge >= 0.3 is 0 Å². The maximum atomic E-state index is 12.2. The Morgan fingerprint density at radius 3 is 2.71 bits per heavy atom. The first-order valence-electron chi connectivity index (χ1n) is 5.23. The monoisotopic (exact) mass is 265 g/mol. The number of nitriles is 1. The lowest BCUT2D eigenvalue weighted by molar-refractivity contribution is 0.103. The highest BCUT2D eigenvalue weighted by atomic mass is 32.2. The van der Waals surface area contributed by atoms with Crippen LogP contribution in [-0.2, 0) is 0 Å². The zero-order valence-corrected chi connectivity index (χ0v) is 11.0. The van der Waals surface area contributed by atoms with Gasteiger partial charge in [-0.25, -0.2) is 0 Å². The van der Waals surface area contributed by atoms with E-state index in [-0.39, 0.29) is 11.4 Å². The van der Waals surface area contributed by atoms with Crippen LogP contribution in [0.4, 0.5) is 0 Å². The molecule has 0 unspecified atom stereocenters. The number of carbonyl (C=O) groups is 1. The maximum absolute atomic E-state index is 12.2. The number of aryl methyl sites for hydroxylation is 1. The molecule has 5 heteroatoms. The largest absolute Gasteiger partial charge is 0.469 e. The van der Waals surface area contributed by atoms with E-state index in [4.69, 9.17) is 9.68 Å².